The molecule has 0 spiro atoms. The number of carboxylic acid groups (broad SMARTS) is 1. The van der Waals surface area contributed by atoms with Crippen molar-refractivity contribution in [1.82, 2.24) is 0 Å². The van der Waals surface area contributed by atoms with E-state index < -0.39 is 24.5 Å². The van der Waals surface area contributed by atoms with Crippen LogP contribution in [0.2, 0.25) is 0 Å². The Kier molecular flexibility index (Phi) is 6.65. The zero-order valence-corrected chi connectivity index (χ0v) is 13.9. The average molecular weight is 358 g/mol. The van der Waals surface area contributed by atoms with Crippen LogP contribution in [0.15, 0.2) is 24.3 Å². The predicted octanol–water partition coefficient (Wildman–Crippen LogP) is -2.85. The maximum atomic E-state index is 12.1. The van der Waals surface area contributed by atoms with Crippen molar-refractivity contribution in [3.05, 3.63) is 24.3 Å². The highest BCUT2D eigenvalue weighted by molar-refractivity contribution is 5.93. The number of ether oxygens (including phenoxy) is 1. The molecule has 0 radical (unpaired) electrons. The summed E-state index contributed by atoms with van der Waals surface area (Å²) in [5, 5.41) is 14.0. The van der Waals surface area contributed by atoms with E-state index in [9.17, 15) is 23.5 Å². The fourth-order valence-corrected chi connectivity index (χ4v) is 2.86. The van der Waals surface area contributed by atoms with E-state index in [0.29, 0.717) is 18.8 Å². The molecular formula is C16H22F2N3O4+. The smallest absolute Gasteiger partial charge is 0.387 e. The monoisotopic (exact) mass is 358 g/mol. The van der Waals surface area contributed by atoms with E-state index in [0.717, 1.165) is 18.0 Å². The lowest BCUT2D eigenvalue weighted by Crippen LogP contribution is -3.29. The van der Waals surface area contributed by atoms with Crippen molar-refractivity contribution < 1.29 is 38.0 Å². The minimum absolute atomic E-state index is 0.0232. The van der Waals surface area contributed by atoms with Gasteiger partial charge >= 0.3 is 6.61 Å². The highest BCUT2D eigenvalue weighted by Gasteiger charge is 2.30. The van der Waals surface area contributed by atoms with Crippen molar-refractivity contribution in [3.63, 3.8) is 0 Å². The van der Waals surface area contributed by atoms with Gasteiger partial charge in [0.25, 0.3) is 0 Å². The Morgan fingerprint density at radius 2 is 1.80 bits per heavy atom. The number of piperazine rings is 1. The summed E-state index contributed by atoms with van der Waals surface area (Å²) in [4.78, 5) is 25.7. The van der Waals surface area contributed by atoms with E-state index in [2.05, 4.69) is 10.1 Å². The van der Waals surface area contributed by atoms with Gasteiger partial charge in [-0.25, -0.2) is 0 Å². The number of carbonyl (C=O) groups is 2. The maximum Gasteiger partial charge on any atom is 0.387 e. The summed E-state index contributed by atoms with van der Waals surface area (Å²) in [6, 6.07) is 4.51. The molecular weight excluding hydrogens is 336 g/mol. The Hall–Kier alpha value is -2.26. The first-order valence-electron chi connectivity index (χ1n) is 8.06. The molecule has 1 aliphatic heterocycles. The van der Waals surface area contributed by atoms with Crippen molar-refractivity contribution >= 4 is 17.6 Å². The second-order valence-electron chi connectivity index (χ2n) is 6.14. The van der Waals surface area contributed by atoms with Gasteiger partial charge in [0.15, 0.2) is 0 Å². The van der Waals surface area contributed by atoms with Crippen molar-refractivity contribution in [3.8, 4) is 5.75 Å². The molecule has 2 rings (SSSR count). The fraction of sp³-hybridized carbons (Fsp3) is 0.500. The average Bonchev–Trinajstić information content (AvgIpc) is 2.55. The molecule has 0 aliphatic carbocycles. The standard InChI is InChI=1S/C16H21F2N3O4/c1-20-6-8-21(9-7-20)13(15(23)24)10-14(22)19-11-2-4-12(5-3-11)25-16(17)18/h2-5,13,16H,6-10H2,1H3,(H,19,22)(H,23,24)/p+1/t13-/m1/s1. The van der Waals surface area contributed by atoms with Crippen molar-refractivity contribution in [2.75, 3.05) is 38.5 Å². The van der Waals surface area contributed by atoms with E-state index in [-0.39, 0.29) is 12.2 Å². The van der Waals surface area contributed by atoms with Crippen LogP contribution in [-0.4, -0.2) is 57.8 Å². The first-order chi connectivity index (χ1) is 11.8. The number of alkyl halides is 2. The van der Waals surface area contributed by atoms with Gasteiger partial charge in [-0.05, 0) is 24.3 Å². The van der Waals surface area contributed by atoms with E-state index in [1.165, 1.54) is 29.2 Å². The van der Waals surface area contributed by atoms with Gasteiger partial charge in [-0.2, -0.15) is 8.78 Å². The molecule has 0 aromatic heterocycles. The van der Waals surface area contributed by atoms with Gasteiger partial charge in [0.05, 0.1) is 19.4 Å². The van der Waals surface area contributed by atoms with Crippen LogP contribution < -0.4 is 25.0 Å². The summed E-state index contributed by atoms with van der Waals surface area (Å²) in [5.41, 5.74) is 0.376. The van der Waals surface area contributed by atoms with Crippen LogP contribution in [0.1, 0.15) is 6.42 Å². The molecule has 0 saturated carbocycles. The molecule has 0 bridgehead atoms. The topological polar surface area (TPSA) is 87.3 Å². The van der Waals surface area contributed by atoms with Gasteiger partial charge in [0.1, 0.15) is 38.0 Å². The number of anilines is 1. The Morgan fingerprint density at radius 3 is 2.32 bits per heavy atom. The van der Waals surface area contributed by atoms with Gasteiger partial charge in [0.2, 0.25) is 5.91 Å². The van der Waals surface area contributed by atoms with E-state index >= 15 is 0 Å². The molecule has 7 nitrogen and oxygen atoms in total. The number of hydrogen-bond acceptors (Lipinski definition) is 4. The first kappa shape index (κ1) is 19.1. The Labute approximate surface area is 144 Å². The lowest BCUT2D eigenvalue weighted by atomic mass is 10.1. The molecule has 1 heterocycles. The zero-order valence-electron chi connectivity index (χ0n) is 13.9. The van der Waals surface area contributed by atoms with Crippen LogP contribution >= 0.6 is 0 Å². The number of carboxylic acids is 1. The molecule has 1 saturated heterocycles. The number of rotatable bonds is 7. The minimum Gasteiger partial charge on any atom is -0.544 e. The molecule has 25 heavy (non-hydrogen) atoms. The number of carbonyl (C=O) groups excluding carboxylic acids is 2. The van der Waals surface area contributed by atoms with Gasteiger partial charge < -0.3 is 29.8 Å². The number of benzene rings is 1. The predicted molar refractivity (Wildman–Crippen MR) is 82.4 cm³/mol. The number of likely N-dealkylation sites (N-methyl/N-ethyl adjacent to an activating group) is 1. The lowest BCUT2D eigenvalue weighted by molar-refractivity contribution is -1.01. The van der Waals surface area contributed by atoms with Gasteiger partial charge in [-0.1, -0.05) is 0 Å². The Morgan fingerprint density at radius 1 is 1.20 bits per heavy atom. The largest absolute Gasteiger partial charge is 0.544 e. The van der Waals surface area contributed by atoms with Gasteiger partial charge in [0, 0.05) is 5.69 Å². The molecule has 0 unspecified atom stereocenters. The van der Waals surface area contributed by atoms with Crippen LogP contribution in [-0.2, 0) is 9.59 Å². The number of halogens is 2. The quantitative estimate of drug-likeness (QED) is 0.490. The van der Waals surface area contributed by atoms with Gasteiger partial charge in [-0.15, -0.1) is 0 Å². The third-order valence-corrected chi connectivity index (χ3v) is 4.28. The summed E-state index contributed by atoms with van der Waals surface area (Å²) in [5.74, 6) is -1.73. The van der Waals surface area contributed by atoms with Crippen LogP contribution in [0.25, 0.3) is 0 Å². The second-order valence-corrected chi connectivity index (χ2v) is 6.14. The molecule has 1 fully saturated rings. The Balaban J connectivity index is 1.91. The number of quaternary nitrogens is 2. The third kappa shape index (κ3) is 5.95. The number of amides is 1. The number of aliphatic carboxylic acids is 1. The lowest BCUT2D eigenvalue weighted by Gasteiger charge is -2.33. The normalized spacial score (nSPS) is 21.6. The van der Waals surface area contributed by atoms with Gasteiger partial charge in [-0.3, -0.25) is 4.79 Å². The second kappa shape index (κ2) is 8.72. The van der Waals surface area contributed by atoms with Crippen LogP contribution in [0, 0.1) is 0 Å². The van der Waals surface area contributed by atoms with E-state index in [1.54, 1.807) is 0 Å². The van der Waals surface area contributed by atoms with Crippen LogP contribution in [0.5, 0.6) is 5.75 Å². The molecule has 9 heteroatoms. The molecule has 138 valence electrons. The summed E-state index contributed by atoms with van der Waals surface area (Å²) in [6.07, 6.45) is -0.202. The highest BCUT2D eigenvalue weighted by atomic mass is 19.3. The fourth-order valence-electron chi connectivity index (χ4n) is 2.86. The SMILES string of the molecule is C[NH+]1CC[NH+]([C@H](CC(=O)Nc2ccc(OC(F)F)cc2)C(=O)[O-])CC1. The van der Waals surface area contributed by atoms with Crippen molar-refractivity contribution in [1.29, 1.82) is 0 Å². The summed E-state index contributed by atoms with van der Waals surface area (Å²) in [7, 11) is 2.04. The summed E-state index contributed by atoms with van der Waals surface area (Å²) in [6.45, 7) is 0.0886. The Bertz CT molecular complexity index is 590. The first-order valence-corrected chi connectivity index (χ1v) is 8.06. The van der Waals surface area contributed by atoms with Crippen LogP contribution in [0.4, 0.5) is 14.5 Å². The van der Waals surface area contributed by atoms with Crippen molar-refractivity contribution in [2.24, 2.45) is 0 Å². The number of nitrogens with one attached hydrogen (secondary N) is 3. The molecule has 1 aliphatic rings. The minimum atomic E-state index is -2.92. The van der Waals surface area contributed by atoms with E-state index in [1.807, 2.05) is 7.05 Å². The van der Waals surface area contributed by atoms with Crippen molar-refractivity contribution in [2.45, 2.75) is 19.1 Å². The maximum absolute atomic E-state index is 12.1. The highest BCUT2D eigenvalue weighted by Crippen LogP contribution is 2.17. The molecule has 3 N–H and O–H groups in total. The van der Waals surface area contributed by atoms with E-state index in [4.69, 9.17) is 0 Å². The molecule has 1 amide bonds. The molecule has 1 atom stereocenters. The summed E-state index contributed by atoms with van der Waals surface area (Å²) < 4.78 is 28.4. The zero-order chi connectivity index (χ0) is 18.4. The summed E-state index contributed by atoms with van der Waals surface area (Å²) >= 11 is 0. The molecule has 1 aromatic carbocycles. The van der Waals surface area contributed by atoms with Crippen LogP contribution in [0.3, 0.4) is 0 Å². The number of hydrogen-bond donors (Lipinski definition) is 3. The third-order valence-electron chi connectivity index (χ3n) is 4.28. The molecule has 1 aromatic rings.